The quantitative estimate of drug-likeness (QED) is 0.776. The van der Waals surface area contributed by atoms with Crippen LogP contribution in [0.4, 0.5) is 0 Å². The highest BCUT2D eigenvalue weighted by molar-refractivity contribution is 9.11. The summed E-state index contributed by atoms with van der Waals surface area (Å²) in [5.74, 6) is -0.471. The number of carbonyl (C=O) groups excluding carboxylic acids is 1. The zero-order valence-corrected chi connectivity index (χ0v) is 15.9. The van der Waals surface area contributed by atoms with Crippen molar-refractivity contribution >= 4 is 45.4 Å². The predicted octanol–water partition coefficient (Wildman–Crippen LogP) is 3.85. The van der Waals surface area contributed by atoms with Crippen LogP contribution in [0.25, 0.3) is 0 Å². The van der Waals surface area contributed by atoms with E-state index in [0.717, 1.165) is 21.6 Å². The van der Waals surface area contributed by atoms with E-state index in [2.05, 4.69) is 26.9 Å². The second-order valence-corrected chi connectivity index (χ2v) is 8.24. The Morgan fingerprint density at radius 1 is 1.45 bits per heavy atom. The summed E-state index contributed by atoms with van der Waals surface area (Å²) in [7, 11) is 2.03. The Balaban J connectivity index is 2.27. The number of halogens is 1. The molecule has 0 aliphatic rings. The molecule has 2 rings (SSSR count). The molecular formula is C15H18BrN3OS2. The SMILES string of the molecule is Cc1cc(C)n(CN(C)Cc2ccc(Br)s2)c(=S)c1C(N)=O. The van der Waals surface area contributed by atoms with Gasteiger partial charge in [0.25, 0.3) is 5.91 Å². The molecule has 0 aromatic carbocycles. The van der Waals surface area contributed by atoms with Crippen molar-refractivity contribution in [3.05, 3.63) is 48.3 Å². The molecule has 0 saturated carbocycles. The number of thiophene rings is 1. The molecule has 0 saturated heterocycles. The van der Waals surface area contributed by atoms with E-state index in [1.807, 2.05) is 37.6 Å². The van der Waals surface area contributed by atoms with Crippen molar-refractivity contribution in [1.82, 2.24) is 9.47 Å². The lowest BCUT2D eigenvalue weighted by atomic mass is 10.1. The summed E-state index contributed by atoms with van der Waals surface area (Å²) in [6.07, 6.45) is 0. The van der Waals surface area contributed by atoms with Crippen molar-refractivity contribution in [2.24, 2.45) is 5.73 Å². The molecule has 118 valence electrons. The maximum atomic E-state index is 11.6. The molecule has 1 amide bonds. The summed E-state index contributed by atoms with van der Waals surface area (Å²) in [5.41, 5.74) is 7.74. The second-order valence-electron chi connectivity index (χ2n) is 5.30. The third-order valence-corrected chi connectivity index (χ3v) is 5.42. The van der Waals surface area contributed by atoms with Crippen LogP contribution < -0.4 is 5.73 Å². The van der Waals surface area contributed by atoms with E-state index in [-0.39, 0.29) is 0 Å². The molecule has 2 aromatic heterocycles. The highest BCUT2D eigenvalue weighted by atomic mass is 79.9. The molecule has 0 unspecified atom stereocenters. The van der Waals surface area contributed by atoms with E-state index in [4.69, 9.17) is 18.0 Å². The summed E-state index contributed by atoms with van der Waals surface area (Å²) in [4.78, 5) is 15.0. The molecule has 22 heavy (non-hydrogen) atoms. The van der Waals surface area contributed by atoms with Gasteiger partial charge in [0.1, 0.15) is 4.64 Å². The molecule has 0 spiro atoms. The van der Waals surface area contributed by atoms with E-state index < -0.39 is 5.91 Å². The fourth-order valence-corrected chi connectivity index (χ4v) is 4.42. The van der Waals surface area contributed by atoms with Gasteiger partial charge in [-0.1, -0.05) is 12.2 Å². The fourth-order valence-electron chi connectivity index (χ4n) is 2.40. The molecule has 4 nitrogen and oxygen atoms in total. The minimum absolute atomic E-state index is 0.438. The predicted molar refractivity (Wildman–Crippen MR) is 96.7 cm³/mol. The lowest BCUT2D eigenvalue weighted by molar-refractivity contribution is 0.0998. The maximum Gasteiger partial charge on any atom is 0.251 e. The second kappa shape index (κ2) is 7.04. The molecule has 2 heterocycles. The van der Waals surface area contributed by atoms with Crippen LogP contribution in [0.2, 0.25) is 0 Å². The van der Waals surface area contributed by atoms with Crippen LogP contribution in [0.3, 0.4) is 0 Å². The molecule has 2 aromatic rings. The fraction of sp³-hybridized carbons (Fsp3) is 0.333. The number of pyridine rings is 1. The number of hydrogen-bond donors (Lipinski definition) is 1. The van der Waals surface area contributed by atoms with Crippen LogP contribution in [0.15, 0.2) is 22.0 Å². The summed E-state index contributed by atoms with van der Waals surface area (Å²) in [6.45, 7) is 5.28. The standard InChI is InChI=1S/C15H18BrN3OS2/c1-9-6-10(2)19(15(21)13(9)14(17)20)8-18(3)7-11-4-5-12(16)22-11/h4-6H,7-8H2,1-3H3,(H2,17,20). The minimum Gasteiger partial charge on any atom is -0.365 e. The molecule has 2 N–H and O–H groups in total. The number of carbonyl (C=O) groups is 1. The molecule has 0 radical (unpaired) electrons. The monoisotopic (exact) mass is 399 g/mol. The van der Waals surface area contributed by atoms with Gasteiger partial charge in [-0.2, -0.15) is 0 Å². The van der Waals surface area contributed by atoms with Crippen molar-refractivity contribution in [2.75, 3.05) is 7.05 Å². The molecule has 0 aliphatic heterocycles. The number of aromatic nitrogens is 1. The Bertz CT molecular complexity index is 767. The molecular weight excluding hydrogens is 382 g/mol. The van der Waals surface area contributed by atoms with Crippen LogP contribution in [0, 0.1) is 18.5 Å². The van der Waals surface area contributed by atoms with Gasteiger partial charge in [0, 0.05) is 17.1 Å². The number of nitrogens with two attached hydrogens (primary N) is 1. The Hall–Kier alpha value is -1.02. The highest BCUT2D eigenvalue weighted by Gasteiger charge is 2.13. The summed E-state index contributed by atoms with van der Waals surface area (Å²) in [6, 6.07) is 6.09. The lowest BCUT2D eigenvalue weighted by Crippen LogP contribution is -2.25. The van der Waals surface area contributed by atoms with Gasteiger partial charge in [0.15, 0.2) is 0 Å². The number of rotatable bonds is 5. The molecule has 0 fully saturated rings. The topological polar surface area (TPSA) is 51.3 Å². The van der Waals surface area contributed by atoms with E-state index >= 15 is 0 Å². The first-order valence-electron chi connectivity index (χ1n) is 6.73. The molecule has 0 bridgehead atoms. The van der Waals surface area contributed by atoms with Gasteiger partial charge in [-0.05, 0) is 60.6 Å². The van der Waals surface area contributed by atoms with Gasteiger partial charge in [-0.15, -0.1) is 11.3 Å². The van der Waals surface area contributed by atoms with E-state index in [0.29, 0.717) is 16.9 Å². The van der Waals surface area contributed by atoms with Crippen molar-refractivity contribution in [1.29, 1.82) is 0 Å². The summed E-state index contributed by atoms with van der Waals surface area (Å²) in [5, 5.41) is 0. The van der Waals surface area contributed by atoms with Crippen LogP contribution >= 0.6 is 39.5 Å². The van der Waals surface area contributed by atoms with Gasteiger partial charge in [-0.25, -0.2) is 0 Å². The Labute approximate surface area is 147 Å². The van der Waals surface area contributed by atoms with Gasteiger partial charge < -0.3 is 10.3 Å². The van der Waals surface area contributed by atoms with Crippen LogP contribution in [-0.4, -0.2) is 22.4 Å². The molecule has 0 atom stereocenters. The zero-order chi connectivity index (χ0) is 16.4. The lowest BCUT2D eigenvalue weighted by Gasteiger charge is -2.21. The smallest absolute Gasteiger partial charge is 0.251 e. The number of aryl methyl sites for hydroxylation is 2. The highest BCUT2D eigenvalue weighted by Crippen LogP contribution is 2.23. The first kappa shape index (κ1) is 17.3. The first-order chi connectivity index (χ1) is 10.3. The zero-order valence-electron chi connectivity index (χ0n) is 12.7. The average Bonchev–Trinajstić information content (AvgIpc) is 2.79. The first-order valence-corrected chi connectivity index (χ1v) is 8.75. The maximum absolute atomic E-state index is 11.6. The van der Waals surface area contributed by atoms with Gasteiger partial charge in [0.05, 0.1) is 16.0 Å². The molecule has 0 aliphatic carbocycles. The van der Waals surface area contributed by atoms with Gasteiger partial charge >= 0.3 is 0 Å². The summed E-state index contributed by atoms with van der Waals surface area (Å²) >= 11 is 10.6. The minimum atomic E-state index is -0.471. The van der Waals surface area contributed by atoms with E-state index in [9.17, 15) is 4.79 Å². The van der Waals surface area contributed by atoms with Crippen molar-refractivity contribution < 1.29 is 4.79 Å². The van der Waals surface area contributed by atoms with E-state index in [1.165, 1.54) is 4.88 Å². The average molecular weight is 400 g/mol. The Morgan fingerprint density at radius 3 is 2.68 bits per heavy atom. The van der Waals surface area contributed by atoms with Gasteiger partial charge in [-0.3, -0.25) is 9.69 Å². The van der Waals surface area contributed by atoms with Crippen molar-refractivity contribution in [2.45, 2.75) is 27.1 Å². The third kappa shape index (κ3) is 3.84. The number of primary amides is 1. The number of amides is 1. The van der Waals surface area contributed by atoms with E-state index in [1.54, 1.807) is 11.3 Å². The normalized spacial score (nSPS) is 11.1. The summed E-state index contributed by atoms with van der Waals surface area (Å²) < 4.78 is 3.57. The largest absolute Gasteiger partial charge is 0.365 e. The van der Waals surface area contributed by atoms with Crippen molar-refractivity contribution in [3.8, 4) is 0 Å². The van der Waals surface area contributed by atoms with Crippen LogP contribution in [0.1, 0.15) is 26.5 Å². The van der Waals surface area contributed by atoms with Gasteiger partial charge in [0.2, 0.25) is 0 Å². The van der Waals surface area contributed by atoms with Crippen molar-refractivity contribution in [3.63, 3.8) is 0 Å². The Kier molecular flexibility index (Phi) is 5.55. The Morgan fingerprint density at radius 2 is 2.14 bits per heavy atom. The third-order valence-electron chi connectivity index (χ3n) is 3.39. The number of nitrogens with zero attached hydrogens (tertiary/aromatic N) is 2. The van der Waals surface area contributed by atoms with Crippen LogP contribution in [-0.2, 0) is 13.2 Å². The number of hydrogen-bond acceptors (Lipinski definition) is 4. The van der Waals surface area contributed by atoms with Crippen LogP contribution in [0.5, 0.6) is 0 Å². The molecule has 7 heteroatoms.